The van der Waals surface area contributed by atoms with Crippen LogP contribution in [0.4, 0.5) is 0 Å². The smallest absolute Gasteiger partial charge is 0.337 e. The Hall–Kier alpha value is -2.73. The van der Waals surface area contributed by atoms with E-state index in [1.54, 1.807) is 0 Å². The molecule has 3 aromatic carbocycles. The highest BCUT2D eigenvalue weighted by Gasteiger charge is 2.50. The highest BCUT2D eigenvalue weighted by Crippen LogP contribution is 2.36. The number of esters is 1. The van der Waals surface area contributed by atoms with E-state index in [-0.39, 0.29) is 18.3 Å². The van der Waals surface area contributed by atoms with Crippen molar-refractivity contribution in [1.82, 2.24) is 0 Å². The molecule has 31 heavy (non-hydrogen) atoms. The lowest BCUT2D eigenvalue weighted by Gasteiger charge is -2.43. The first-order chi connectivity index (χ1) is 14.8. The van der Waals surface area contributed by atoms with Crippen LogP contribution in [0.5, 0.6) is 0 Å². The number of aliphatic hydroxyl groups excluding tert-OH is 1. The van der Waals surface area contributed by atoms with E-state index >= 15 is 0 Å². The largest absolute Gasteiger partial charge is 0.459 e. The van der Waals surface area contributed by atoms with Gasteiger partial charge >= 0.3 is 5.97 Å². The van der Waals surface area contributed by atoms with Crippen molar-refractivity contribution in [3.8, 4) is 0 Å². The van der Waals surface area contributed by atoms with Crippen molar-refractivity contribution in [3.05, 3.63) is 96.6 Å². The summed E-state index contributed by atoms with van der Waals surface area (Å²) in [5.74, 6) is -0.679. The summed E-state index contributed by atoms with van der Waals surface area (Å²) in [7, 11) is -2.81. The van der Waals surface area contributed by atoms with Crippen molar-refractivity contribution in [2.45, 2.75) is 38.5 Å². The molecule has 0 aliphatic heterocycles. The third-order valence-corrected chi connectivity index (χ3v) is 10.4. The maximum absolute atomic E-state index is 12.4. The molecule has 0 aliphatic rings. The highest BCUT2D eigenvalue weighted by molar-refractivity contribution is 6.99. The Kier molecular flexibility index (Phi) is 7.44. The lowest BCUT2D eigenvalue weighted by Crippen LogP contribution is -2.67. The molecular formula is C26H30O4Si. The molecule has 3 aromatic rings. The first-order valence-corrected chi connectivity index (χ1v) is 12.4. The molecule has 0 saturated carbocycles. The average Bonchev–Trinajstić information content (AvgIpc) is 2.79. The number of hydrogen-bond donors (Lipinski definition) is 1. The van der Waals surface area contributed by atoms with Gasteiger partial charge in [-0.3, -0.25) is 0 Å². The van der Waals surface area contributed by atoms with Gasteiger partial charge in [0, 0.05) is 0 Å². The monoisotopic (exact) mass is 434 g/mol. The number of ether oxygens (including phenoxy) is 1. The van der Waals surface area contributed by atoms with Crippen molar-refractivity contribution in [1.29, 1.82) is 0 Å². The molecule has 0 aliphatic carbocycles. The van der Waals surface area contributed by atoms with Crippen molar-refractivity contribution in [3.63, 3.8) is 0 Å². The van der Waals surface area contributed by atoms with E-state index < -0.39 is 20.4 Å². The zero-order valence-corrected chi connectivity index (χ0v) is 19.3. The number of aliphatic hydroxyl groups is 1. The van der Waals surface area contributed by atoms with Gasteiger partial charge in [0.1, 0.15) is 6.61 Å². The number of benzene rings is 3. The zero-order chi connectivity index (χ0) is 22.3. The predicted molar refractivity (Wildman–Crippen MR) is 126 cm³/mol. The van der Waals surface area contributed by atoms with Crippen LogP contribution in [-0.4, -0.2) is 32.1 Å². The fourth-order valence-corrected chi connectivity index (χ4v) is 8.42. The quantitative estimate of drug-likeness (QED) is 0.434. The molecular weight excluding hydrogens is 404 g/mol. The molecule has 0 spiro atoms. The summed E-state index contributed by atoms with van der Waals surface area (Å²) in [6, 6.07) is 29.7. The van der Waals surface area contributed by atoms with Gasteiger partial charge < -0.3 is 14.3 Å². The SMILES string of the molecule is CC(C)(C)[Si](OC[C@@H](O)C(=O)OCc1ccccc1)(c1ccccc1)c1ccccc1. The van der Waals surface area contributed by atoms with Crippen LogP contribution in [0.3, 0.4) is 0 Å². The van der Waals surface area contributed by atoms with Gasteiger partial charge in [-0.25, -0.2) is 4.79 Å². The molecule has 4 nitrogen and oxygen atoms in total. The van der Waals surface area contributed by atoms with Gasteiger partial charge in [-0.2, -0.15) is 0 Å². The van der Waals surface area contributed by atoms with E-state index in [0.717, 1.165) is 15.9 Å². The van der Waals surface area contributed by atoms with Crippen molar-refractivity contribution >= 4 is 24.7 Å². The van der Waals surface area contributed by atoms with Gasteiger partial charge in [-0.1, -0.05) is 112 Å². The second-order valence-electron chi connectivity index (χ2n) is 8.58. The first kappa shape index (κ1) is 22.9. The summed E-state index contributed by atoms with van der Waals surface area (Å²) in [5, 5.41) is 12.5. The molecule has 0 radical (unpaired) electrons. The number of hydrogen-bond acceptors (Lipinski definition) is 4. The van der Waals surface area contributed by atoms with Crippen LogP contribution in [0.2, 0.25) is 5.04 Å². The van der Waals surface area contributed by atoms with E-state index in [0.29, 0.717) is 0 Å². The standard InChI is InChI=1S/C26H30O4Si/c1-26(2,3)31(22-15-9-5-10-16-22,23-17-11-6-12-18-23)30-20-24(27)25(28)29-19-21-13-7-4-8-14-21/h4-18,24,27H,19-20H2,1-3H3/t24-/m1/s1. The molecule has 5 heteroatoms. The summed E-state index contributed by atoms with van der Waals surface area (Å²) in [6.45, 7) is 6.45. The molecule has 0 unspecified atom stereocenters. The second kappa shape index (κ2) is 10.0. The van der Waals surface area contributed by atoms with Crippen LogP contribution in [0, 0.1) is 0 Å². The lowest BCUT2D eigenvalue weighted by molar-refractivity contribution is -0.156. The molecule has 1 atom stereocenters. The third-order valence-electron chi connectivity index (χ3n) is 5.37. The van der Waals surface area contributed by atoms with Crippen LogP contribution >= 0.6 is 0 Å². The normalized spacial score (nSPS) is 12.9. The van der Waals surface area contributed by atoms with Crippen LogP contribution < -0.4 is 10.4 Å². The van der Waals surface area contributed by atoms with Crippen LogP contribution in [-0.2, 0) is 20.6 Å². The highest BCUT2D eigenvalue weighted by atomic mass is 28.4. The minimum absolute atomic E-state index is 0.121. The zero-order valence-electron chi connectivity index (χ0n) is 18.3. The van der Waals surface area contributed by atoms with E-state index in [2.05, 4.69) is 45.0 Å². The Morgan fingerprint density at radius 3 is 1.74 bits per heavy atom. The third kappa shape index (κ3) is 5.31. The molecule has 0 amide bonds. The van der Waals surface area contributed by atoms with Crippen molar-refractivity contribution in [2.75, 3.05) is 6.61 Å². The summed E-state index contributed by atoms with van der Waals surface area (Å²) < 4.78 is 11.9. The molecule has 0 heterocycles. The lowest BCUT2D eigenvalue weighted by atomic mass is 10.2. The molecule has 0 fully saturated rings. The summed E-state index contributed by atoms with van der Waals surface area (Å²) in [5.41, 5.74) is 0.871. The second-order valence-corrected chi connectivity index (χ2v) is 12.9. The van der Waals surface area contributed by atoms with E-state index in [1.807, 2.05) is 66.7 Å². The molecule has 1 N–H and O–H groups in total. The van der Waals surface area contributed by atoms with E-state index in [1.165, 1.54) is 0 Å². The molecule has 0 saturated heterocycles. The maximum atomic E-state index is 12.4. The summed E-state index contributed by atoms with van der Waals surface area (Å²) >= 11 is 0. The van der Waals surface area contributed by atoms with Crippen molar-refractivity contribution < 1.29 is 19.1 Å². The minimum atomic E-state index is -2.81. The Labute approximate surface area is 185 Å². The van der Waals surface area contributed by atoms with Crippen LogP contribution in [0.15, 0.2) is 91.0 Å². The molecule has 162 valence electrons. The Morgan fingerprint density at radius 1 is 0.839 bits per heavy atom. The van der Waals surface area contributed by atoms with E-state index in [9.17, 15) is 9.90 Å². The summed E-state index contributed by atoms with van der Waals surface area (Å²) in [6.07, 6.45) is -1.36. The van der Waals surface area contributed by atoms with Gasteiger partial charge in [0.15, 0.2) is 6.10 Å². The van der Waals surface area contributed by atoms with Gasteiger partial charge in [-0.05, 0) is 21.0 Å². The van der Waals surface area contributed by atoms with E-state index in [4.69, 9.17) is 9.16 Å². The Bertz CT molecular complexity index is 913. The molecule has 0 aromatic heterocycles. The van der Waals surface area contributed by atoms with Gasteiger partial charge in [0.05, 0.1) is 6.61 Å². The Balaban J connectivity index is 1.83. The number of rotatable bonds is 8. The minimum Gasteiger partial charge on any atom is -0.459 e. The first-order valence-electron chi connectivity index (χ1n) is 10.5. The van der Waals surface area contributed by atoms with Crippen molar-refractivity contribution in [2.24, 2.45) is 0 Å². The Morgan fingerprint density at radius 2 is 1.29 bits per heavy atom. The summed E-state index contributed by atoms with van der Waals surface area (Å²) in [4.78, 5) is 12.4. The van der Waals surface area contributed by atoms with Crippen LogP contribution in [0.1, 0.15) is 26.3 Å². The van der Waals surface area contributed by atoms with Gasteiger partial charge in [0.25, 0.3) is 8.32 Å². The molecule has 3 rings (SSSR count). The fraction of sp³-hybridized carbons (Fsp3) is 0.269. The van der Waals surface area contributed by atoms with Crippen LogP contribution in [0.25, 0.3) is 0 Å². The molecule has 0 bridgehead atoms. The number of carbonyl (C=O) groups excluding carboxylic acids is 1. The number of carbonyl (C=O) groups is 1. The maximum Gasteiger partial charge on any atom is 0.337 e. The van der Waals surface area contributed by atoms with Gasteiger partial charge in [0.2, 0.25) is 0 Å². The topological polar surface area (TPSA) is 55.8 Å². The van der Waals surface area contributed by atoms with Gasteiger partial charge in [-0.15, -0.1) is 0 Å². The fourth-order valence-electron chi connectivity index (χ4n) is 3.86. The predicted octanol–water partition coefficient (Wildman–Crippen LogP) is 3.67. The average molecular weight is 435 g/mol.